The number of carbonyl (C=O) groups excluding carboxylic acids is 1. The molecule has 0 saturated heterocycles. The average molecular weight is 423 g/mol. The molecule has 5 heteroatoms. The molecule has 4 saturated carbocycles. The summed E-state index contributed by atoms with van der Waals surface area (Å²) in [4.78, 5) is 11.7. The van der Waals surface area contributed by atoms with Crippen molar-refractivity contribution in [2.24, 2.45) is 46.3 Å². The van der Waals surface area contributed by atoms with Crippen molar-refractivity contribution in [2.45, 2.75) is 96.9 Å². The summed E-state index contributed by atoms with van der Waals surface area (Å²) >= 11 is 0. The van der Waals surface area contributed by atoms with E-state index >= 15 is 0 Å². The van der Waals surface area contributed by atoms with E-state index in [9.17, 15) is 20.1 Å². The Morgan fingerprint density at radius 2 is 1.80 bits per heavy atom. The topological polar surface area (TPSA) is 87.0 Å². The summed E-state index contributed by atoms with van der Waals surface area (Å²) in [5.74, 6) is 1.81. The van der Waals surface area contributed by atoms with Gasteiger partial charge in [0.05, 0.1) is 25.4 Å². The van der Waals surface area contributed by atoms with Gasteiger partial charge in [-0.3, -0.25) is 4.79 Å². The van der Waals surface area contributed by atoms with Gasteiger partial charge in [-0.25, -0.2) is 0 Å². The van der Waals surface area contributed by atoms with E-state index in [0.717, 1.165) is 51.4 Å². The van der Waals surface area contributed by atoms with Gasteiger partial charge in [-0.1, -0.05) is 20.8 Å². The van der Waals surface area contributed by atoms with Crippen LogP contribution in [0.15, 0.2) is 0 Å². The zero-order valence-corrected chi connectivity index (χ0v) is 19.2. The molecule has 0 unspecified atom stereocenters. The lowest BCUT2D eigenvalue weighted by atomic mass is 9.43. The van der Waals surface area contributed by atoms with E-state index in [-0.39, 0.29) is 41.0 Å². The van der Waals surface area contributed by atoms with E-state index in [1.807, 2.05) is 0 Å². The first-order valence-corrected chi connectivity index (χ1v) is 12.2. The molecule has 4 rings (SSSR count). The number of carbonyl (C=O) groups is 1. The van der Waals surface area contributed by atoms with Gasteiger partial charge in [-0.2, -0.15) is 0 Å². The number of ether oxygens (including phenoxy) is 1. The van der Waals surface area contributed by atoms with Gasteiger partial charge in [0.15, 0.2) is 0 Å². The normalized spacial score (nSPS) is 51.4. The average Bonchev–Trinajstić information content (AvgIpc) is 3.06. The Morgan fingerprint density at radius 3 is 2.50 bits per heavy atom. The highest BCUT2D eigenvalue weighted by molar-refractivity contribution is 5.69. The predicted molar refractivity (Wildman–Crippen MR) is 114 cm³/mol. The molecule has 0 aromatic carbocycles. The Kier molecular flexibility index (Phi) is 6.04. The molecule has 0 aromatic rings. The highest BCUT2D eigenvalue weighted by atomic mass is 16.5. The van der Waals surface area contributed by atoms with E-state index in [4.69, 9.17) is 4.74 Å². The van der Waals surface area contributed by atoms with Crippen molar-refractivity contribution in [2.75, 3.05) is 7.11 Å². The fraction of sp³-hybridized carbons (Fsp3) is 0.960. The van der Waals surface area contributed by atoms with Crippen LogP contribution in [0.25, 0.3) is 0 Å². The van der Waals surface area contributed by atoms with Crippen LogP contribution in [0.4, 0.5) is 0 Å². The first-order chi connectivity index (χ1) is 14.1. The fourth-order valence-corrected chi connectivity index (χ4v) is 8.78. The molecule has 0 heterocycles. The van der Waals surface area contributed by atoms with Gasteiger partial charge in [-0.05, 0) is 97.7 Å². The maximum atomic E-state index is 11.7. The highest BCUT2D eigenvalue weighted by Crippen LogP contribution is 2.68. The standard InChI is InChI=1S/C25H42O5/c1-14(5-8-22(29)30-4)17-6-7-18-23-19(13-21(28)25(17,18)3)24(2)10-9-16(26)11-15(24)12-20(23)27/h14-21,23,26-28H,5-13H2,1-4H3/t14-,15+,16-,17-,18+,19+,20+,21+,23+,24-,25-/m0/s1. The van der Waals surface area contributed by atoms with Crippen LogP contribution in [-0.4, -0.2) is 46.7 Å². The third kappa shape index (κ3) is 3.34. The third-order valence-electron chi connectivity index (χ3n) is 10.6. The number of fused-ring (bicyclic) bond motifs is 5. The lowest BCUT2D eigenvalue weighted by Crippen LogP contribution is -2.62. The maximum absolute atomic E-state index is 11.7. The molecule has 0 bridgehead atoms. The molecule has 0 aliphatic heterocycles. The first kappa shape index (κ1) is 22.5. The van der Waals surface area contributed by atoms with Gasteiger partial charge in [-0.15, -0.1) is 0 Å². The van der Waals surface area contributed by atoms with Gasteiger partial charge < -0.3 is 20.1 Å². The zero-order chi connectivity index (χ0) is 21.8. The van der Waals surface area contributed by atoms with Gasteiger partial charge >= 0.3 is 5.97 Å². The number of esters is 1. The van der Waals surface area contributed by atoms with Gasteiger partial charge in [0.1, 0.15) is 0 Å². The van der Waals surface area contributed by atoms with Gasteiger partial charge in [0, 0.05) is 6.42 Å². The Bertz CT molecular complexity index is 651. The van der Waals surface area contributed by atoms with E-state index in [0.29, 0.717) is 36.0 Å². The zero-order valence-electron chi connectivity index (χ0n) is 19.2. The second-order valence-electron chi connectivity index (χ2n) is 11.6. The van der Waals surface area contributed by atoms with E-state index in [1.165, 1.54) is 7.11 Å². The van der Waals surface area contributed by atoms with Gasteiger partial charge in [0.2, 0.25) is 0 Å². The highest BCUT2D eigenvalue weighted by Gasteiger charge is 2.65. The lowest BCUT2D eigenvalue weighted by Gasteiger charge is -2.63. The van der Waals surface area contributed by atoms with E-state index in [1.54, 1.807) is 0 Å². The fourth-order valence-electron chi connectivity index (χ4n) is 8.78. The number of hydrogen-bond acceptors (Lipinski definition) is 5. The minimum Gasteiger partial charge on any atom is -0.469 e. The minimum atomic E-state index is -0.369. The second kappa shape index (κ2) is 8.04. The summed E-state index contributed by atoms with van der Waals surface area (Å²) in [7, 11) is 1.44. The minimum absolute atomic E-state index is 0.111. The number of hydrogen-bond donors (Lipinski definition) is 3. The van der Waals surface area contributed by atoms with Crippen molar-refractivity contribution in [3.05, 3.63) is 0 Å². The molecule has 4 aliphatic carbocycles. The van der Waals surface area contributed by atoms with Crippen molar-refractivity contribution >= 4 is 5.97 Å². The molecular weight excluding hydrogens is 380 g/mol. The Morgan fingerprint density at radius 1 is 1.07 bits per heavy atom. The number of methoxy groups -OCH3 is 1. The summed E-state index contributed by atoms with van der Waals surface area (Å²) in [6.07, 6.45) is 6.60. The van der Waals surface area contributed by atoms with Crippen molar-refractivity contribution in [1.29, 1.82) is 0 Å². The molecule has 4 aliphatic rings. The maximum Gasteiger partial charge on any atom is 0.305 e. The SMILES string of the molecule is COC(=O)CC[C@H](C)[C@@H]1CC[C@@H]2[C@H]3[C@H](O)C[C@H]4C[C@@H](O)CC[C@]4(C)[C@@H]3C[C@@H](O)[C@]21C. The monoisotopic (exact) mass is 422 g/mol. The molecule has 0 amide bonds. The van der Waals surface area contributed by atoms with Gasteiger partial charge in [0.25, 0.3) is 0 Å². The Hall–Kier alpha value is -0.650. The number of aliphatic hydroxyl groups excluding tert-OH is 3. The van der Waals surface area contributed by atoms with E-state index in [2.05, 4.69) is 20.8 Å². The second-order valence-corrected chi connectivity index (χ2v) is 11.6. The molecule has 0 aromatic heterocycles. The molecule has 0 radical (unpaired) electrons. The van der Waals surface area contributed by atoms with Crippen LogP contribution in [0.3, 0.4) is 0 Å². The number of aliphatic hydroxyl groups is 3. The van der Waals surface area contributed by atoms with Crippen molar-refractivity contribution in [3.8, 4) is 0 Å². The van der Waals surface area contributed by atoms with Crippen molar-refractivity contribution in [3.63, 3.8) is 0 Å². The molecule has 11 atom stereocenters. The van der Waals surface area contributed by atoms with E-state index < -0.39 is 0 Å². The molecular formula is C25H42O5. The van der Waals surface area contributed by atoms with Crippen LogP contribution < -0.4 is 0 Å². The number of rotatable bonds is 4. The van der Waals surface area contributed by atoms with Crippen LogP contribution in [0.2, 0.25) is 0 Å². The van der Waals surface area contributed by atoms with Crippen LogP contribution >= 0.6 is 0 Å². The largest absolute Gasteiger partial charge is 0.469 e. The summed E-state index contributed by atoms with van der Waals surface area (Å²) < 4.78 is 4.83. The molecule has 0 spiro atoms. The molecule has 30 heavy (non-hydrogen) atoms. The summed E-state index contributed by atoms with van der Waals surface area (Å²) in [6.45, 7) is 6.85. The lowest BCUT2D eigenvalue weighted by molar-refractivity contribution is -0.207. The first-order valence-electron chi connectivity index (χ1n) is 12.2. The summed E-state index contributed by atoms with van der Waals surface area (Å²) in [6, 6.07) is 0. The van der Waals surface area contributed by atoms with Crippen LogP contribution in [0.5, 0.6) is 0 Å². The summed E-state index contributed by atoms with van der Waals surface area (Å²) in [5.41, 5.74) is -0.0882. The van der Waals surface area contributed by atoms with Crippen LogP contribution in [0, 0.1) is 46.3 Å². The molecule has 172 valence electrons. The van der Waals surface area contributed by atoms with Crippen molar-refractivity contribution < 1.29 is 24.9 Å². The van der Waals surface area contributed by atoms with Crippen LogP contribution in [0.1, 0.15) is 78.6 Å². The molecule has 4 fully saturated rings. The third-order valence-corrected chi connectivity index (χ3v) is 10.6. The Labute approximate surface area is 181 Å². The molecule has 3 N–H and O–H groups in total. The summed E-state index contributed by atoms with van der Waals surface area (Å²) in [5, 5.41) is 33.1. The van der Waals surface area contributed by atoms with Crippen molar-refractivity contribution in [1.82, 2.24) is 0 Å². The van der Waals surface area contributed by atoms with Crippen LogP contribution in [-0.2, 0) is 9.53 Å². The predicted octanol–water partition coefficient (Wildman–Crippen LogP) is 3.54. The smallest absolute Gasteiger partial charge is 0.305 e. The Balaban J connectivity index is 1.58. The quantitative estimate of drug-likeness (QED) is 0.603. The molecule has 5 nitrogen and oxygen atoms in total.